The fraction of sp³-hybridized carbons (Fsp3) is 0.351. The van der Waals surface area contributed by atoms with Crippen LogP contribution in [0.5, 0.6) is 11.5 Å². The van der Waals surface area contributed by atoms with Crippen LogP contribution in [0.1, 0.15) is 68.6 Å². The normalized spacial score (nSPS) is 16.4. The van der Waals surface area contributed by atoms with E-state index in [0.29, 0.717) is 63.3 Å². The van der Waals surface area contributed by atoms with Gasteiger partial charge in [-0.2, -0.15) is 0 Å². The van der Waals surface area contributed by atoms with Gasteiger partial charge >= 0.3 is 0 Å². The number of rotatable bonds is 13. The zero-order chi connectivity index (χ0) is 35.6. The summed E-state index contributed by atoms with van der Waals surface area (Å²) < 4.78 is 40.1. The lowest BCUT2D eigenvalue weighted by Gasteiger charge is -2.39. The van der Waals surface area contributed by atoms with Crippen molar-refractivity contribution in [2.24, 2.45) is 0 Å². The van der Waals surface area contributed by atoms with E-state index in [4.69, 9.17) is 21.1 Å². The Labute approximate surface area is 302 Å². The van der Waals surface area contributed by atoms with Gasteiger partial charge in [-0.05, 0) is 68.1 Å². The fourth-order valence-electron chi connectivity index (χ4n) is 6.91. The number of nitrogens with one attached hydrogen (secondary N) is 1. The number of hydrogen-bond donors (Lipinski definition) is 1. The molecule has 1 unspecified atom stereocenters. The molecule has 1 aromatic heterocycles. The van der Waals surface area contributed by atoms with Gasteiger partial charge in [0, 0.05) is 43.6 Å². The number of methoxy groups -OCH3 is 2. The van der Waals surface area contributed by atoms with Gasteiger partial charge in [0.05, 0.1) is 46.3 Å². The third-order valence-corrected chi connectivity index (χ3v) is 12.5. The lowest BCUT2D eigenvalue weighted by Crippen LogP contribution is -2.47. The van der Waals surface area contributed by atoms with Crippen molar-refractivity contribution in [3.05, 3.63) is 104 Å². The van der Waals surface area contributed by atoms with Gasteiger partial charge in [0.25, 0.3) is 11.8 Å². The Kier molecular flexibility index (Phi) is 10.8. The number of aryl methyl sites for hydroxylation is 1. The van der Waals surface area contributed by atoms with Crippen molar-refractivity contribution < 1.29 is 27.5 Å². The molecule has 13 heteroatoms. The first-order valence-electron chi connectivity index (χ1n) is 16.6. The van der Waals surface area contributed by atoms with Crippen LogP contribution in [0.2, 0.25) is 4.34 Å². The third-order valence-electron chi connectivity index (χ3n) is 9.59. The molecule has 10 nitrogen and oxygen atoms in total. The monoisotopic (exact) mass is 736 g/mol. The van der Waals surface area contributed by atoms with Gasteiger partial charge in [0.2, 0.25) is 10.0 Å². The van der Waals surface area contributed by atoms with Crippen molar-refractivity contribution in [3.63, 3.8) is 0 Å². The molecular formula is C37H41ClN4O6S2. The van der Waals surface area contributed by atoms with Gasteiger partial charge in [-0.1, -0.05) is 54.1 Å². The first kappa shape index (κ1) is 35.9. The SMILES string of the molecule is COc1ccc(C(CCCNS(=O)(=O)c2cc(Cl)sc2C)N2C(=O)c3cccc(N4CCN([C@H](C)c5ccccc5)CC4)c3C2=O)cc1OC. The van der Waals surface area contributed by atoms with Crippen molar-refractivity contribution in [3.8, 4) is 11.5 Å². The van der Waals surface area contributed by atoms with Crippen LogP contribution >= 0.6 is 22.9 Å². The lowest BCUT2D eigenvalue weighted by atomic mass is 9.99. The molecule has 2 aliphatic heterocycles. The highest BCUT2D eigenvalue weighted by Gasteiger charge is 2.43. The van der Waals surface area contributed by atoms with E-state index in [-0.39, 0.29) is 29.3 Å². The average Bonchev–Trinajstić information content (AvgIpc) is 3.62. The number of piperazine rings is 1. The van der Waals surface area contributed by atoms with Crippen LogP contribution in [-0.4, -0.2) is 77.0 Å². The van der Waals surface area contributed by atoms with Crippen LogP contribution in [0, 0.1) is 6.92 Å². The molecule has 1 N–H and O–H groups in total. The van der Waals surface area contributed by atoms with E-state index in [1.807, 2.05) is 24.3 Å². The van der Waals surface area contributed by atoms with Gasteiger partial charge in [0.15, 0.2) is 11.5 Å². The number of imide groups is 1. The Bertz CT molecular complexity index is 1980. The van der Waals surface area contributed by atoms with E-state index in [9.17, 15) is 18.0 Å². The van der Waals surface area contributed by atoms with Crippen LogP contribution in [0.15, 0.2) is 77.7 Å². The van der Waals surface area contributed by atoms with Gasteiger partial charge in [-0.3, -0.25) is 19.4 Å². The maximum Gasteiger partial charge on any atom is 0.264 e. The van der Waals surface area contributed by atoms with Gasteiger partial charge < -0.3 is 14.4 Å². The van der Waals surface area contributed by atoms with E-state index in [1.54, 1.807) is 25.1 Å². The van der Waals surface area contributed by atoms with E-state index in [2.05, 4.69) is 45.7 Å². The summed E-state index contributed by atoms with van der Waals surface area (Å²) in [5.41, 5.74) is 3.45. The summed E-state index contributed by atoms with van der Waals surface area (Å²) in [6, 6.07) is 22.2. The van der Waals surface area contributed by atoms with Gasteiger partial charge in [-0.15, -0.1) is 11.3 Å². The van der Waals surface area contributed by atoms with Crippen LogP contribution in [0.3, 0.4) is 0 Å². The van der Waals surface area contributed by atoms with Crippen molar-refractivity contribution in [2.45, 2.75) is 43.7 Å². The summed E-state index contributed by atoms with van der Waals surface area (Å²) in [6.45, 7) is 7.06. The highest BCUT2D eigenvalue weighted by Crippen LogP contribution is 2.41. The summed E-state index contributed by atoms with van der Waals surface area (Å²) in [5.74, 6) is 0.218. The highest BCUT2D eigenvalue weighted by atomic mass is 35.5. The van der Waals surface area contributed by atoms with Crippen molar-refractivity contribution >= 4 is 50.5 Å². The maximum absolute atomic E-state index is 14.4. The molecule has 3 aromatic carbocycles. The van der Waals surface area contributed by atoms with Gasteiger partial charge in [-0.25, -0.2) is 13.1 Å². The van der Waals surface area contributed by atoms with Crippen molar-refractivity contribution in [1.29, 1.82) is 0 Å². The molecule has 6 rings (SSSR count). The molecule has 0 radical (unpaired) electrons. The smallest absolute Gasteiger partial charge is 0.264 e. The third kappa shape index (κ3) is 7.13. The van der Waals surface area contributed by atoms with E-state index >= 15 is 0 Å². The predicted molar refractivity (Wildman–Crippen MR) is 196 cm³/mol. The molecule has 264 valence electrons. The molecule has 2 amide bonds. The Morgan fingerprint density at radius 1 is 0.880 bits per heavy atom. The van der Waals surface area contributed by atoms with Crippen molar-refractivity contribution in [2.75, 3.05) is 51.8 Å². The molecule has 50 heavy (non-hydrogen) atoms. The number of amides is 2. The standard InChI is InChI=1S/C37H41ClN4O6S2/c1-24(26-10-6-5-7-11-26)40-18-20-41(21-19-40)30-13-8-12-28-35(30)37(44)42(36(28)43)29(27-15-16-31(47-3)32(22-27)48-4)14-9-17-39-50(45,46)33-23-34(38)49-25(33)2/h5-8,10-13,15-16,22-24,29,39H,9,14,17-21H2,1-4H3/t24-,29?/m1/s1. The average molecular weight is 737 g/mol. The second-order valence-corrected chi connectivity index (χ2v) is 16.1. The Hall–Kier alpha value is -3.94. The number of anilines is 1. The summed E-state index contributed by atoms with van der Waals surface area (Å²) in [4.78, 5) is 35.3. The zero-order valence-corrected chi connectivity index (χ0v) is 30.9. The summed E-state index contributed by atoms with van der Waals surface area (Å²) in [7, 11) is -0.731. The minimum absolute atomic E-state index is 0.0964. The molecule has 0 aliphatic carbocycles. The number of hydrogen-bond acceptors (Lipinski definition) is 9. The topological polar surface area (TPSA) is 108 Å². The number of fused-ring (bicyclic) bond motifs is 1. The number of ether oxygens (including phenoxy) is 2. The molecule has 4 aromatic rings. The fourth-order valence-corrected chi connectivity index (χ4v) is 9.81. The number of sulfonamides is 1. The number of nitrogens with zero attached hydrogens (tertiary/aromatic N) is 3. The van der Waals surface area contributed by atoms with Gasteiger partial charge in [0.1, 0.15) is 0 Å². The van der Waals surface area contributed by atoms with Crippen LogP contribution in [0.25, 0.3) is 0 Å². The molecule has 0 saturated carbocycles. The minimum Gasteiger partial charge on any atom is -0.493 e. The first-order chi connectivity index (χ1) is 24.0. The largest absolute Gasteiger partial charge is 0.493 e. The second kappa shape index (κ2) is 15.1. The molecule has 1 saturated heterocycles. The second-order valence-electron chi connectivity index (χ2n) is 12.4. The Balaban J connectivity index is 1.24. The molecule has 1 fully saturated rings. The molecule has 0 spiro atoms. The predicted octanol–water partition coefficient (Wildman–Crippen LogP) is 6.71. The molecule has 2 aliphatic rings. The van der Waals surface area contributed by atoms with Crippen molar-refractivity contribution in [1.82, 2.24) is 14.5 Å². The number of carbonyl (C=O) groups excluding carboxylic acids is 2. The van der Waals surface area contributed by atoms with E-state index in [1.165, 1.54) is 42.1 Å². The first-order valence-corrected chi connectivity index (χ1v) is 19.2. The van der Waals surface area contributed by atoms with E-state index in [0.717, 1.165) is 18.8 Å². The Morgan fingerprint density at radius 2 is 1.60 bits per heavy atom. The highest BCUT2D eigenvalue weighted by molar-refractivity contribution is 7.89. The lowest BCUT2D eigenvalue weighted by molar-refractivity contribution is 0.0572. The summed E-state index contributed by atoms with van der Waals surface area (Å²) in [6.07, 6.45) is 0.648. The van der Waals surface area contributed by atoms with Crippen LogP contribution in [-0.2, 0) is 10.0 Å². The number of thiophene rings is 1. The number of benzene rings is 3. The molecule has 0 bridgehead atoms. The zero-order valence-electron chi connectivity index (χ0n) is 28.5. The maximum atomic E-state index is 14.4. The quantitative estimate of drug-likeness (QED) is 0.119. The van der Waals surface area contributed by atoms with Crippen LogP contribution in [0.4, 0.5) is 5.69 Å². The Morgan fingerprint density at radius 3 is 2.26 bits per heavy atom. The molecule has 3 heterocycles. The summed E-state index contributed by atoms with van der Waals surface area (Å²) >= 11 is 7.27. The van der Waals surface area contributed by atoms with E-state index < -0.39 is 16.1 Å². The number of carbonyl (C=O) groups is 2. The molecule has 2 atom stereocenters. The minimum atomic E-state index is -3.80. The van der Waals surface area contributed by atoms with Crippen LogP contribution < -0.4 is 19.1 Å². The number of halogens is 1. The summed E-state index contributed by atoms with van der Waals surface area (Å²) in [5, 5.41) is 0. The molecular weight excluding hydrogens is 696 g/mol.